The molecule has 2 atom stereocenters. The third kappa shape index (κ3) is 3.81. The second-order valence-corrected chi connectivity index (χ2v) is 3.85. The minimum Gasteiger partial charge on any atom is -0.450 e. The molecule has 80 valence electrons. The van der Waals surface area contributed by atoms with E-state index in [-0.39, 0.29) is 12.1 Å². The third-order valence-corrected chi connectivity index (χ3v) is 2.41. The van der Waals surface area contributed by atoms with Gasteiger partial charge < -0.3 is 10.1 Å². The van der Waals surface area contributed by atoms with Gasteiger partial charge in [-0.15, -0.1) is 0 Å². The van der Waals surface area contributed by atoms with Crippen LogP contribution in [0.1, 0.15) is 33.1 Å². The predicted octanol–water partition coefficient (Wildman–Crippen LogP) is 2.48. The van der Waals surface area contributed by atoms with Crippen molar-refractivity contribution in [2.24, 2.45) is 5.92 Å². The van der Waals surface area contributed by atoms with Gasteiger partial charge in [0.2, 0.25) is 0 Å². The highest BCUT2D eigenvalue weighted by Crippen LogP contribution is 2.17. The Hall–Kier alpha value is -0.990. The van der Waals surface area contributed by atoms with Crippen LogP contribution in [0.15, 0.2) is 12.2 Å². The van der Waals surface area contributed by atoms with Crippen LogP contribution in [0.4, 0.5) is 4.79 Å². The van der Waals surface area contributed by atoms with E-state index in [4.69, 9.17) is 4.74 Å². The zero-order valence-corrected chi connectivity index (χ0v) is 8.95. The number of carbonyl (C=O) groups is 1. The molecule has 1 aliphatic rings. The highest BCUT2D eigenvalue weighted by Gasteiger charge is 2.16. The van der Waals surface area contributed by atoms with Crippen LogP contribution in [0, 0.1) is 5.92 Å². The largest absolute Gasteiger partial charge is 0.450 e. The van der Waals surface area contributed by atoms with Crippen molar-refractivity contribution in [2.45, 2.75) is 39.2 Å². The lowest BCUT2D eigenvalue weighted by molar-refractivity contribution is 0.146. The van der Waals surface area contributed by atoms with Gasteiger partial charge >= 0.3 is 6.09 Å². The minimum atomic E-state index is -0.292. The van der Waals surface area contributed by atoms with Crippen molar-refractivity contribution in [3.8, 4) is 0 Å². The molecule has 0 saturated heterocycles. The van der Waals surface area contributed by atoms with Crippen LogP contribution in [0.3, 0.4) is 0 Å². The number of ether oxygens (including phenoxy) is 1. The molecule has 0 fully saturated rings. The molecule has 0 aromatic heterocycles. The van der Waals surface area contributed by atoms with E-state index >= 15 is 0 Å². The van der Waals surface area contributed by atoms with E-state index in [1.807, 2.05) is 6.92 Å². The maximum absolute atomic E-state index is 11.2. The van der Waals surface area contributed by atoms with Crippen molar-refractivity contribution in [3.05, 3.63) is 12.2 Å². The summed E-state index contributed by atoms with van der Waals surface area (Å²) in [5.74, 6) is 0.640. The van der Waals surface area contributed by atoms with Crippen molar-refractivity contribution in [3.63, 3.8) is 0 Å². The molecule has 0 aliphatic heterocycles. The van der Waals surface area contributed by atoms with Crippen molar-refractivity contribution in [2.75, 3.05) is 6.61 Å². The first-order valence-corrected chi connectivity index (χ1v) is 5.30. The van der Waals surface area contributed by atoms with Crippen molar-refractivity contribution in [1.29, 1.82) is 0 Å². The smallest absolute Gasteiger partial charge is 0.407 e. The van der Waals surface area contributed by atoms with Crippen molar-refractivity contribution >= 4 is 6.09 Å². The van der Waals surface area contributed by atoms with Gasteiger partial charge in [-0.25, -0.2) is 4.79 Å². The first-order chi connectivity index (χ1) is 6.72. The van der Waals surface area contributed by atoms with Crippen LogP contribution >= 0.6 is 0 Å². The average molecular weight is 197 g/mol. The number of carbonyl (C=O) groups excluding carboxylic acids is 1. The lowest BCUT2D eigenvalue weighted by atomic mass is 10.0. The maximum atomic E-state index is 11.2. The molecular weight excluding hydrogens is 178 g/mol. The van der Waals surface area contributed by atoms with Crippen LogP contribution in [0.25, 0.3) is 0 Å². The standard InChI is InChI=1S/C11H19NO2/c1-3-14-11(13)12-10-7-5-4-6-9(2)8-10/h4-5,9-10H,3,6-8H2,1-2H3,(H,12,13). The Morgan fingerprint density at radius 1 is 1.50 bits per heavy atom. The van der Waals surface area contributed by atoms with E-state index in [1.165, 1.54) is 0 Å². The molecule has 0 heterocycles. The molecule has 0 radical (unpaired) electrons. The second kappa shape index (κ2) is 5.68. The molecule has 0 bridgehead atoms. The fourth-order valence-corrected chi connectivity index (χ4v) is 1.72. The Bertz CT molecular complexity index is 213. The number of rotatable bonds is 2. The Morgan fingerprint density at radius 2 is 2.21 bits per heavy atom. The van der Waals surface area contributed by atoms with E-state index < -0.39 is 0 Å². The summed E-state index contributed by atoms with van der Waals surface area (Å²) in [6, 6.07) is 0.239. The first kappa shape index (κ1) is 11.1. The maximum Gasteiger partial charge on any atom is 0.407 e. The molecule has 0 aromatic rings. The molecule has 1 aliphatic carbocycles. The number of amides is 1. The van der Waals surface area contributed by atoms with Crippen LogP contribution in [-0.2, 0) is 4.74 Å². The molecule has 14 heavy (non-hydrogen) atoms. The van der Waals surface area contributed by atoms with Gasteiger partial charge in [0, 0.05) is 6.04 Å². The summed E-state index contributed by atoms with van der Waals surface area (Å²) < 4.78 is 4.85. The Labute approximate surface area is 85.5 Å². The summed E-state index contributed by atoms with van der Waals surface area (Å²) in [4.78, 5) is 11.2. The molecule has 1 N–H and O–H groups in total. The average Bonchev–Trinajstić information content (AvgIpc) is 2.30. The monoisotopic (exact) mass is 197 g/mol. The number of hydrogen-bond acceptors (Lipinski definition) is 2. The van der Waals surface area contributed by atoms with Gasteiger partial charge in [0.15, 0.2) is 0 Å². The molecule has 1 amide bonds. The topological polar surface area (TPSA) is 38.3 Å². The first-order valence-electron chi connectivity index (χ1n) is 5.30. The summed E-state index contributed by atoms with van der Waals surface area (Å²) in [5.41, 5.74) is 0. The van der Waals surface area contributed by atoms with Gasteiger partial charge in [-0.1, -0.05) is 19.1 Å². The summed E-state index contributed by atoms with van der Waals surface area (Å²) in [7, 11) is 0. The van der Waals surface area contributed by atoms with Gasteiger partial charge in [-0.05, 0) is 32.1 Å². The van der Waals surface area contributed by atoms with Crippen molar-refractivity contribution in [1.82, 2.24) is 5.32 Å². The van der Waals surface area contributed by atoms with E-state index in [0.29, 0.717) is 12.5 Å². The third-order valence-electron chi connectivity index (χ3n) is 2.41. The van der Waals surface area contributed by atoms with Crippen LogP contribution in [0.2, 0.25) is 0 Å². The highest BCUT2D eigenvalue weighted by molar-refractivity contribution is 5.67. The molecule has 0 saturated carbocycles. The van der Waals surface area contributed by atoms with E-state index in [0.717, 1.165) is 19.3 Å². The van der Waals surface area contributed by atoms with Gasteiger partial charge in [-0.2, -0.15) is 0 Å². The Balaban J connectivity index is 2.35. The molecule has 2 unspecified atom stereocenters. The SMILES string of the molecule is CCOC(=O)NC1CC=CCC(C)C1. The number of allylic oxidation sites excluding steroid dienone is 1. The highest BCUT2D eigenvalue weighted by atomic mass is 16.5. The van der Waals surface area contributed by atoms with Crippen molar-refractivity contribution < 1.29 is 9.53 Å². The van der Waals surface area contributed by atoms with Crippen LogP contribution in [0.5, 0.6) is 0 Å². The number of hydrogen-bond donors (Lipinski definition) is 1. The summed E-state index contributed by atoms with van der Waals surface area (Å²) in [6.45, 7) is 4.45. The molecule has 0 spiro atoms. The van der Waals surface area contributed by atoms with E-state index in [9.17, 15) is 4.79 Å². The molecular formula is C11H19NO2. The van der Waals surface area contributed by atoms with E-state index in [2.05, 4.69) is 24.4 Å². The number of alkyl carbamates (subject to hydrolysis) is 1. The molecule has 3 heteroatoms. The van der Waals surface area contributed by atoms with Crippen LogP contribution < -0.4 is 5.32 Å². The minimum absolute atomic E-state index is 0.239. The fourth-order valence-electron chi connectivity index (χ4n) is 1.72. The van der Waals surface area contributed by atoms with Gasteiger partial charge in [0.05, 0.1) is 6.61 Å². The Kier molecular flexibility index (Phi) is 4.50. The zero-order valence-electron chi connectivity index (χ0n) is 8.95. The molecule has 0 aromatic carbocycles. The quantitative estimate of drug-likeness (QED) is 0.691. The summed E-state index contributed by atoms with van der Waals surface area (Å²) in [6.07, 6.45) is 7.11. The zero-order chi connectivity index (χ0) is 10.4. The molecule has 3 nitrogen and oxygen atoms in total. The normalized spacial score (nSPS) is 26.7. The van der Waals surface area contributed by atoms with Crippen LogP contribution in [-0.4, -0.2) is 18.7 Å². The van der Waals surface area contributed by atoms with Gasteiger partial charge in [0.25, 0.3) is 0 Å². The van der Waals surface area contributed by atoms with E-state index in [1.54, 1.807) is 0 Å². The van der Waals surface area contributed by atoms with Gasteiger partial charge in [-0.3, -0.25) is 0 Å². The lowest BCUT2D eigenvalue weighted by Gasteiger charge is -2.18. The summed E-state index contributed by atoms with van der Waals surface area (Å²) in [5, 5.41) is 2.88. The number of nitrogens with one attached hydrogen (secondary N) is 1. The van der Waals surface area contributed by atoms with Gasteiger partial charge in [0.1, 0.15) is 0 Å². The predicted molar refractivity (Wildman–Crippen MR) is 56.1 cm³/mol. The molecule has 1 rings (SSSR count). The second-order valence-electron chi connectivity index (χ2n) is 3.85. The summed E-state index contributed by atoms with van der Waals surface area (Å²) >= 11 is 0. The Morgan fingerprint density at radius 3 is 2.93 bits per heavy atom. The lowest BCUT2D eigenvalue weighted by Crippen LogP contribution is -2.35. The fraction of sp³-hybridized carbons (Fsp3) is 0.727.